The molecule has 3 aromatic carbocycles. The Bertz CT molecular complexity index is 1340. The van der Waals surface area contributed by atoms with Crippen molar-refractivity contribution in [2.45, 2.75) is 27.0 Å². The van der Waals surface area contributed by atoms with Crippen LogP contribution in [0.3, 0.4) is 0 Å². The van der Waals surface area contributed by atoms with Gasteiger partial charge < -0.3 is 9.47 Å². The van der Waals surface area contributed by atoms with Crippen molar-refractivity contribution in [3.8, 4) is 11.5 Å². The van der Waals surface area contributed by atoms with Gasteiger partial charge in [-0.2, -0.15) is 0 Å². The third-order valence-corrected chi connectivity index (χ3v) is 7.58. The number of thioether (sulfide) groups is 1. The number of benzene rings is 3. The van der Waals surface area contributed by atoms with Crippen LogP contribution in [0.1, 0.15) is 29.2 Å². The summed E-state index contributed by atoms with van der Waals surface area (Å²) in [5, 5.41) is -0.321. The molecular weight excluding hydrogens is 616 g/mol. The van der Waals surface area contributed by atoms with E-state index >= 15 is 0 Å². The van der Waals surface area contributed by atoms with Crippen LogP contribution in [0.15, 0.2) is 59.5 Å². The molecule has 4 rings (SSSR count). The van der Waals surface area contributed by atoms with E-state index in [0.29, 0.717) is 30.3 Å². The molecule has 0 saturated carbocycles. The molecule has 36 heavy (non-hydrogen) atoms. The van der Waals surface area contributed by atoms with E-state index < -0.39 is 17.0 Å². The number of hydrogen-bond donors (Lipinski definition) is 0. The highest BCUT2D eigenvalue weighted by atomic mass is 127. The van der Waals surface area contributed by atoms with Gasteiger partial charge in [0.15, 0.2) is 11.5 Å². The van der Waals surface area contributed by atoms with Gasteiger partial charge in [0.1, 0.15) is 12.4 Å². The molecule has 3 aromatic rings. The molecule has 5 nitrogen and oxygen atoms in total. The molecule has 1 aliphatic heterocycles. The first-order valence-electron chi connectivity index (χ1n) is 11.1. The normalized spacial score (nSPS) is 14.6. The van der Waals surface area contributed by atoms with Crippen LogP contribution in [0.2, 0.25) is 5.02 Å². The lowest BCUT2D eigenvalue weighted by Crippen LogP contribution is -2.28. The Kier molecular flexibility index (Phi) is 8.58. The van der Waals surface area contributed by atoms with Gasteiger partial charge in [0.25, 0.3) is 11.1 Å². The molecule has 2 amide bonds. The summed E-state index contributed by atoms with van der Waals surface area (Å²) in [7, 11) is 0. The Morgan fingerprint density at radius 3 is 2.61 bits per heavy atom. The van der Waals surface area contributed by atoms with Crippen molar-refractivity contribution in [2.24, 2.45) is 0 Å². The van der Waals surface area contributed by atoms with E-state index in [0.717, 1.165) is 31.4 Å². The van der Waals surface area contributed by atoms with Crippen molar-refractivity contribution >= 4 is 63.2 Å². The number of hydrogen-bond acceptors (Lipinski definition) is 5. The number of ether oxygens (including phenoxy) is 2. The van der Waals surface area contributed by atoms with Crippen LogP contribution in [0, 0.1) is 16.3 Å². The Labute approximate surface area is 231 Å². The molecule has 0 unspecified atom stereocenters. The number of rotatable bonds is 8. The summed E-state index contributed by atoms with van der Waals surface area (Å²) >= 11 is 9.05. The van der Waals surface area contributed by atoms with Crippen LogP contribution < -0.4 is 9.47 Å². The molecule has 0 radical (unpaired) electrons. The van der Waals surface area contributed by atoms with E-state index in [2.05, 4.69) is 22.6 Å². The minimum absolute atomic E-state index is 0.103. The third-order valence-electron chi connectivity index (χ3n) is 5.51. The molecule has 1 aliphatic rings. The van der Waals surface area contributed by atoms with Crippen LogP contribution in [-0.2, 0) is 17.9 Å². The third kappa shape index (κ3) is 5.87. The lowest BCUT2D eigenvalue weighted by Gasteiger charge is -2.16. The largest absolute Gasteiger partial charge is 0.490 e. The predicted molar refractivity (Wildman–Crippen MR) is 149 cm³/mol. The van der Waals surface area contributed by atoms with E-state index in [-0.39, 0.29) is 22.0 Å². The molecule has 0 N–H and O–H groups in total. The minimum atomic E-state index is -0.567. The number of imide groups is 1. The molecule has 186 valence electrons. The fraction of sp³-hybridized carbons (Fsp3) is 0.185. The van der Waals surface area contributed by atoms with Gasteiger partial charge in [0, 0.05) is 10.6 Å². The molecule has 1 saturated heterocycles. The van der Waals surface area contributed by atoms with Crippen molar-refractivity contribution in [3.05, 3.63) is 96.2 Å². The average Bonchev–Trinajstić information content (AvgIpc) is 3.09. The summed E-state index contributed by atoms with van der Waals surface area (Å²) in [5.41, 5.74) is 2.99. The van der Waals surface area contributed by atoms with Gasteiger partial charge in [-0.1, -0.05) is 41.9 Å². The van der Waals surface area contributed by atoms with E-state index in [1.165, 1.54) is 18.2 Å². The maximum atomic E-state index is 14.2. The maximum absolute atomic E-state index is 14.2. The van der Waals surface area contributed by atoms with E-state index in [9.17, 15) is 14.0 Å². The van der Waals surface area contributed by atoms with Gasteiger partial charge >= 0.3 is 0 Å². The topological polar surface area (TPSA) is 55.8 Å². The van der Waals surface area contributed by atoms with Crippen molar-refractivity contribution in [1.29, 1.82) is 0 Å². The summed E-state index contributed by atoms with van der Waals surface area (Å²) in [6.45, 7) is 4.49. The smallest absolute Gasteiger partial charge is 0.293 e. The van der Waals surface area contributed by atoms with Gasteiger partial charge in [-0.3, -0.25) is 14.5 Å². The van der Waals surface area contributed by atoms with Crippen LogP contribution in [0.5, 0.6) is 11.5 Å². The number of amides is 2. The van der Waals surface area contributed by atoms with Crippen molar-refractivity contribution in [2.75, 3.05) is 6.61 Å². The van der Waals surface area contributed by atoms with Gasteiger partial charge in [0.2, 0.25) is 0 Å². The Balaban J connectivity index is 1.58. The molecule has 0 bridgehead atoms. The molecule has 0 aromatic heterocycles. The zero-order valence-corrected chi connectivity index (χ0v) is 23.2. The second-order valence-corrected chi connectivity index (χ2v) is 10.5. The average molecular weight is 638 g/mol. The lowest BCUT2D eigenvalue weighted by atomic mass is 10.1. The molecule has 0 spiro atoms. The van der Waals surface area contributed by atoms with Gasteiger partial charge in [-0.15, -0.1) is 0 Å². The van der Waals surface area contributed by atoms with Crippen molar-refractivity contribution in [3.63, 3.8) is 0 Å². The second kappa shape index (κ2) is 11.7. The highest BCUT2D eigenvalue weighted by Crippen LogP contribution is 2.38. The lowest BCUT2D eigenvalue weighted by molar-refractivity contribution is -0.123. The maximum Gasteiger partial charge on any atom is 0.293 e. The monoisotopic (exact) mass is 637 g/mol. The minimum Gasteiger partial charge on any atom is -0.490 e. The van der Waals surface area contributed by atoms with Crippen molar-refractivity contribution in [1.82, 2.24) is 4.90 Å². The first-order valence-corrected chi connectivity index (χ1v) is 13.4. The highest BCUT2D eigenvalue weighted by Gasteiger charge is 2.36. The SMILES string of the molecule is CCOc1cc(/C=C2\SC(=O)N(Cc3c(F)cccc3Cl)C2=O)cc(I)c1OCc1ccccc1C. The van der Waals surface area contributed by atoms with E-state index in [4.69, 9.17) is 21.1 Å². The standard InChI is InChI=1S/C27H22ClFINO4S/c1-3-34-23-12-17(11-22(30)25(23)35-15-18-8-5-4-7-16(18)2)13-24-26(32)31(27(33)36-24)14-19-20(28)9-6-10-21(19)29/h4-13H,3,14-15H2,1-2H3/b24-13-. The van der Waals surface area contributed by atoms with Crippen LogP contribution in [-0.4, -0.2) is 22.7 Å². The zero-order chi connectivity index (χ0) is 25.8. The quantitative estimate of drug-likeness (QED) is 0.188. The fourth-order valence-electron chi connectivity index (χ4n) is 3.63. The molecule has 9 heteroatoms. The fourth-order valence-corrected chi connectivity index (χ4v) is 5.47. The van der Waals surface area contributed by atoms with E-state index in [1.807, 2.05) is 44.2 Å². The van der Waals surface area contributed by atoms with Gasteiger partial charge in [-0.05, 0) is 95.2 Å². The zero-order valence-electron chi connectivity index (χ0n) is 19.5. The number of halogens is 3. The van der Waals surface area contributed by atoms with Gasteiger partial charge in [0.05, 0.1) is 21.6 Å². The van der Waals surface area contributed by atoms with E-state index in [1.54, 1.807) is 12.1 Å². The van der Waals surface area contributed by atoms with Crippen LogP contribution in [0.25, 0.3) is 6.08 Å². The van der Waals surface area contributed by atoms with Crippen molar-refractivity contribution < 1.29 is 23.5 Å². The summed E-state index contributed by atoms with van der Waals surface area (Å²) in [6, 6.07) is 15.9. The molecule has 1 heterocycles. The Hall–Kier alpha value is -2.56. The summed E-state index contributed by atoms with van der Waals surface area (Å²) in [6.07, 6.45) is 1.63. The van der Waals surface area contributed by atoms with Crippen LogP contribution in [0.4, 0.5) is 9.18 Å². The Morgan fingerprint density at radius 2 is 1.89 bits per heavy atom. The summed E-state index contributed by atoms with van der Waals surface area (Å²) in [5.74, 6) is 0.0849. The second-order valence-electron chi connectivity index (χ2n) is 7.95. The molecular formula is C27H22ClFINO4S. The number of carbonyl (C=O) groups is 2. The number of nitrogens with zero attached hydrogens (tertiary/aromatic N) is 1. The Morgan fingerprint density at radius 1 is 1.11 bits per heavy atom. The van der Waals surface area contributed by atoms with Gasteiger partial charge in [-0.25, -0.2) is 4.39 Å². The summed E-state index contributed by atoms with van der Waals surface area (Å²) in [4.78, 5) is 26.8. The predicted octanol–water partition coefficient (Wildman–Crippen LogP) is 7.61. The molecule has 0 aliphatic carbocycles. The number of carbonyl (C=O) groups excluding carboxylic acids is 2. The summed E-state index contributed by atoms with van der Waals surface area (Å²) < 4.78 is 27.0. The first-order chi connectivity index (χ1) is 17.3. The highest BCUT2D eigenvalue weighted by molar-refractivity contribution is 14.1. The first kappa shape index (κ1) is 26.5. The molecule has 1 fully saturated rings. The van der Waals surface area contributed by atoms with Crippen LogP contribution >= 0.6 is 46.0 Å². The number of aryl methyl sites for hydroxylation is 1. The molecule has 0 atom stereocenters.